The van der Waals surface area contributed by atoms with Crippen LogP contribution in [0.5, 0.6) is 0 Å². The molecule has 0 saturated carbocycles. The van der Waals surface area contributed by atoms with Gasteiger partial charge in [0, 0.05) is 22.9 Å². The summed E-state index contributed by atoms with van der Waals surface area (Å²) in [7, 11) is 0. The quantitative estimate of drug-likeness (QED) is 0.462. The number of rotatable bonds is 8. The van der Waals surface area contributed by atoms with Crippen molar-refractivity contribution in [1.29, 1.82) is 0 Å². The van der Waals surface area contributed by atoms with Gasteiger partial charge < -0.3 is 15.2 Å². The van der Waals surface area contributed by atoms with Crippen LogP contribution in [-0.4, -0.2) is 25.9 Å². The highest BCUT2D eigenvalue weighted by Gasteiger charge is 2.20. The van der Waals surface area contributed by atoms with Gasteiger partial charge in [0.1, 0.15) is 0 Å². The third kappa shape index (κ3) is 5.34. The fraction of sp³-hybridized carbons (Fsp3) is 0.318. The van der Waals surface area contributed by atoms with Crippen molar-refractivity contribution in [2.24, 2.45) is 0 Å². The van der Waals surface area contributed by atoms with Gasteiger partial charge in [-0.15, -0.1) is 10.2 Å². The number of benzene rings is 2. The van der Waals surface area contributed by atoms with Crippen LogP contribution < -0.4 is 10.6 Å². The Morgan fingerprint density at radius 1 is 1.13 bits per heavy atom. The van der Waals surface area contributed by atoms with Gasteiger partial charge in [-0.25, -0.2) is 0 Å². The van der Waals surface area contributed by atoms with Gasteiger partial charge in [-0.2, -0.15) is 0 Å². The standard InChI is InChI=1S/C22H26ClN5OS/c1-5-28-19(13-24-18-11-9-17(23)10-12-18)26-27-22(28)30-16(4)21(29)25-20-14(2)7-6-8-15(20)3/h6-12,16,24H,5,13H2,1-4H3,(H,25,29)/t16-/m1/s1. The number of carbonyl (C=O) groups is 1. The number of hydrogen-bond donors (Lipinski definition) is 2. The van der Waals surface area contributed by atoms with E-state index in [1.165, 1.54) is 11.8 Å². The Balaban J connectivity index is 1.65. The van der Waals surface area contributed by atoms with Crippen molar-refractivity contribution in [3.05, 3.63) is 64.4 Å². The maximum absolute atomic E-state index is 12.8. The third-order valence-corrected chi connectivity index (χ3v) is 6.12. The van der Waals surface area contributed by atoms with Crippen LogP contribution in [0.25, 0.3) is 0 Å². The van der Waals surface area contributed by atoms with Crippen LogP contribution in [0.15, 0.2) is 47.6 Å². The van der Waals surface area contributed by atoms with E-state index in [0.717, 1.165) is 40.0 Å². The van der Waals surface area contributed by atoms with Crippen LogP contribution in [0.1, 0.15) is 30.8 Å². The second kappa shape index (κ2) is 10.00. The molecule has 0 spiro atoms. The minimum Gasteiger partial charge on any atom is -0.378 e. The molecular weight excluding hydrogens is 418 g/mol. The average molecular weight is 444 g/mol. The van der Waals surface area contributed by atoms with Crippen LogP contribution in [-0.2, 0) is 17.9 Å². The lowest BCUT2D eigenvalue weighted by Crippen LogP contribution is -2.24. The minimum atomic E-state index is -0.310. The van der Waals surface area contributed by atoms with E-state index >= 15 is 0 Å². The predicted molar refractivity (Wildman–Crippen MR) is 124 cm³/mol. The molecule has 0 bridgehead atoms. The molecule has 2 N–H and O–H groups in total. The number of anilines is 2. The monoisotopic (exact) mass is 443 g/mol. The second-order valence-electron chi connectivity index (χ2n) is 7.02. The molecule has 0 aliphatic carbocycles. The summed E-state index contributed by atoms with van der Waals surface area (Å²) >= 11 is 7.34. The fourth-order valence-electron chi connectivity index (χ4n) is 3.05. The van der Waals surface area contributed by atoms with Gasteiger partial charge >= 0.3 is 0 Å². The molecule has 0 radical (unpaired) electrons. The molecule has 3 aromatic rings. The molecule has 2 aromatic carbocycles. The Morgan fingerprint density at radius 3 is 2.43 bits per heavy atom. The van der Waals surface area contributed by atoms with E-state index in [4.69, 9.17) is 11.6 Å². The van der Waals surface area contributed by atoms with Gasteiger partial charge in [0.25, 0.3) is 0 Å². The van der Waals surface area contributed by atoms with Crippen molar-refractivity contribution >= 4 is 40.6 Å². The van der Waals surface area contributed by atoms with Crippen LogP contribution in [0.2, 0.25) is 5.02 Å². The normalized spacial score (nSPS) is 11.9. The first-order valence-corrected chi connectivity index (χ1v) is 11.1. The Labute approximate surface area is 186 Å². The highest BCUT2D eigenvalue weighted by molar-refractivity contribution is 8.00. The van der Waals surface area contributed by atoms with Gasteiger partial charge in [0.2, 0.25) is 5.91 Å². The number of halogens is 1. The molecule has 30 heavy (non-hydrogen) atoms. The number of hydrogen-bond acceptors (Lipinski definition) is 5. The summed E-state index contributed by atoms with van der Waals surface area (Å²) in [5.74, 6) is 0.765. The van der Waals surface area contributed by atoms with Crippen LogP contribution in [0.3, 0.4) is 0 Å². The summed E-state index contributed by atoms with van der Waals surface area (Å²) in [6, 6.07) is 13.5. The van der Waals surface area contributed by atoms with Crippen LogP contribution in [0.4, 0.5) is 11.4 Å². The molecule has 1 atom stereocenters. The summed E-state index contributed by atoms with van der Waals surface area (Å²) in [5, 5.41) is 16.1. The Bertz CT molecular complexity index is 999. The molecule has 0 fully saturated rings. The Hall–Kier alpha value is -2.51. The number of nitrogens with one attached hydrogen (secondary N) is 2. The summed E-state index contributed by atoms with van der Waals surface area (Å²) in [6.45, 7) is 9.17. The lowest BCUT2D eigenvalue weighted by Gasteiger charge is -2.15. The van der Waals surface area contributed by atoms with Gasteiger partial charge in [-0.1, -0.05) is 41.6 Å². The molecular formula is C22H26ClN5OS. The molecule has 0 saturated heterocycles. The zero-order valence-corrected chi connectivity index (χ0v) is 19.1. The zero-order chi connectivity index (χ0) is 21.7. The zero-order valence-electron chi connectivity index (χ0n) is 17.6. The van der Waals surface area contributed by atoms with Crippen LogP contribution in [0, 0.1) is 13.8 Å². The first-order chi connectivity index (χ1) is 14.4. The molecule has 0 aliphatic rings. The lowest BCUT2D eigenvalue weighted by molar-refractivity contribution is -0.115. The fourth-order valence-corrected chi connectivity index (χ4v) is 4.11. The highest BCUT2D eigenvalue weighted by Crippen LogP contribution is 2.26. The van der Waals surface area contributed by atoms with Crippen molar-refractivity contribution in [1.82, 2.24) is 14.8 Å². The van der Waals surface area contributed by atoms with E-state index in [0.29, 0.717) is 11.6 Å². The molecule has 1 heterocycles. The molecule has 8 heteroatoms. The summed E-state index contributed by atoms with van der Waals surface area (Å²) in [6.07, 6.45) is 0. The minimum absolute atomic E-state index is 0.0520. The number of para-hydroxylation sites is 1. The highest BCUT2D eigenvalue weighted by atomic mass is 35.5. The van der Waals surface area contributed by atoms with E-state index in [9.17, 15) is 4.79 Å². The average Bonchev–Trinajstić information content (AvgIpc) is 3.11. The number of thioether (sulfide) groups is 1. The third-order valence-electron chi connectivity index (χ3n) is 4.79. The Kier molecular flexibility index (Phi) is 7.39. The summed E-state index contributed by atoms with van der Waals surface area (Å²) in [5.41, 5.74) is 3.93. The molecule has 1 amide bonds. The molecule has 6 nitrogen and oxygen atoms in total. The topological polar surface area (TPSA) is 71.8 Å². The number of carbonyl (C=O) groups excluding carboxylic acids is 1. The predicted octanol–water partition coefficient (Wildman–Crippen LogP) is 5.30. The van der Waals surface area contributed by atoms with Crippen molar-refractivity contribution < 1.29 is 4.79 Å². The number of amides is 1. The van der Waals surface area contributed by atoms with Crippen LogP contribution >= 0.6 is 23.4 Å². The SMILES string of the molecule is CCn1c(CNc2ccc(Cl)cc2)nnc1S[C@H](C)C(=O)Nc1c(C)cccc1C. The molecule has 1 aromatic heterocycles. The summed E-state index contributed by atoms with van der Waals surface area (Å²) in [4.78, 5) is 12.8. The van der Waals surface area contributed by atoms with Crippen molar-refractivity contribution in [3.8, 4) is 0 Å². The largest absolute Gasteiger partial charge is 0.378 e. The van der Waals surface area contributed by atoms with Gasteiger partial charge in [-0.3, -0.25) is 4.79 Å². The van der Waals surface area contributed by atoms with E-state index in [2.05, 4.69) is 20.8 Å². The molecule has 0 aliphatic heterocycles. The van der Waals surface area contributed by atoms with Gasteiger partial charge in [0.05, 0.1) is 11.8 Å². The lowest BCUT2D eigenvalue weighted by atomic mass is 10.1. The second-order valence-corrected chi connectivity index (χ2v) is 8.76. The number of aryl methyl sites for hydroxylation is 2. The van der Waals surface area contributed by atoms with Gasteiger partial charge in [-0.05, 0) is 63.1 Å². The molecule has 158 valence electrons. The maximum atomic E-state index is 12.8. The molecule has 3 rings (SSSR count). The van der Waals surface area contributed by atoms with Gasteiger partial charge in [0.15, 0.2) is 11.0 Å². The maximum Gasteiger partial charge on any atom is 0.237 e. The van der Waals surface area contributed by atoms with Crippen molar-refractivity contribution in [3.63, 3.8) is 0 Å². The van der Waals surface area contributed by atoms with E-state index < -0.39 is 0 Å². The summed E-state index contributed by atoms with van der Waals surface area (Å²) < 4.78 is 2.02. The first kappa shape index (κ1) is 22.2. The number of nitrogens with zero attached hydrogens (tertiary/aromatic N) is 3. The molecule has 0 unspecified atom stereocenters. The van der Waals surface area contributed by atoms with E-state index in [1.807, 2.05) is 74.7 Å². The van der Waals surface area contributed by atoms with E-state index in [1.54, 1.807) is 0 Å². The van der Waals surface area contributed by atoms with Crippen molar-refractivity contribution in [2.45, 2.75) is 51.2 Å². The van der Waals surface area contributed by atoms with E-state index in [-0.39, 0.29) is 11.2 Å². The smallest absolute Gasteiger partial charge is 0.237 e. The van der Waals surface area contributed by atoms with Crippen molar-refractivity contribution in [2.75, 3.05) is 10.6 Å². The Morgan fingerprint density at radius 2 is 1.80 bits per heavy atom. The first-order valence-electron chi connectivity index (χ1n) is 9.84. The number of aromatic nitrogens is 3.